The minimum Gasteiger partial charge on any atom is -0.329 e. The Morgan fingerprint density at radius 3 is 2.75 bits per heavy atom. The molecule has 0 aromatic rings. The smallest absolute Gasteiger partial charge is 0.0569 e. The predicted octanol–water partition coefficient (Wildman–Crippen LogP) is -1.21. The molecule has 0 spiro atoms. The Labute approximate surface area is 74.5 Å². The summed E-state index contributed by atoms with van der Waals surface area (Å²) in [4.78, 5) is 2.44. The third-order valence-corrected chi connectivity index (χ3v) is 2.28. The number of hydrogen-bond acceptors (Lipinski definition) is 4. The van der Waals surface area contributed by atoms with Gasteiger partial charge >= 0.3 is 0 Å². The van der Waals surface area contributed by atoms with Crippen molar-refractivity contribution in [2.24, 2.45) is 5.73 Å². The Bertz CT molecular complexity index is 112. The lowest BCUT2D eigenvalue weighted by Crippen LogP contribution is -2.53. The summed E-state index contributed by atoms with van der Waals surface area (Å²) < 4.78 is 0. The van der Waals surface area contributed by atoms with Crippen LogP contribution in [0.1, 0.15) is 6.92 Å². The molecule has 0 bridgehead atoms. The molecular formula is C8H20N4. The first-order valence-corrected chi connectivity index (χ1v) is 4.73. The highest BCUT2D eigenvalue weighted by molar-refractivity contribution is 4.71. The van der Waals surface area contributed by atoms with E-state index < -0.39 is 0 Å². The number of hydrogen-bond donors (Lipinski definition) is 3. The molecule has 12 heavy (non-hydrogen) atoms. The Morgan fingerprint density at radius 2 is 2.17 bits per heavy atom. The van der Waals surface area contributed by atoms with Gasteiger partial charge in [-0.3, -0.25) is 4.90 Å². The number of rotatable bonds is 4. The highest BCUT2D eigenvalue weighted by Crippen LogP contribution is 1.96. The van der Waals surface area contributed by atoms with Crippen molar-refractivity contribution in [3.63, 3.8) is 0 Å². The standard InChI is InChI=1S/C8H20N4/c1-8(11-3-2-9)12-6-4-10-5-7-12/h8,10-11H,2-7,9H2,1H3. The fourth-order valence-electron chi connectivity index (χ4n) is 1.49. The third kappa shape index (κ3) is 3.06. The van der Waals surface area contributed by atoms with E-state index in [1.807, 2.05) is 0 Å². The Hall–Kier alpha value is -0.160. The molecule has 0 aromatic heterocycles. The lowest BCUT2D eigenvalue weighted by molar-refractivity contribution is 0.159. The topological polar surface area (TPSA) is 53.3 Å². The van der Waals surface area contributed by atoms with Gasteiger partial charge in [-0.05, 0) is 6.92 Å². The zero-order valence-electron chi connectivity index (χ0n) is 7.84. The van der Waals surface area contributed by atoms with Crippen LogP contribution in [0.5, 0.6) is 0 Å². The van der Waals surface area contributed by atoms with Gasteiger partial charge < -0.3 is 16.4 Å². The van der Waals surface area contributed by atoms with E-state index in [1.54, 1.807) is 0 Å². The molecule has 0 saturated carbocycles. The highest BCUT2D eigenvalue weighted by Gasteiger charge is 2.14. The van der Waals surface area contributed by atoms with Crippen molar-refractivity contribution < 1.29 is 0 Å². The predicted molar refractivity (Wildman–Crippen MR) is 51.0 cm³/mol. The monoisotopic (exact) mass is 172 g/mol. The molecule has 1 atom stereocenters. The van der Waals surface area contributed by atoms with Gasteiger partial charge in [0.2, 0.25) is 0 Å². The molecule has 1 fully saturated rings. The summed E-state index contributed by atoms with van der Waals surface area (Å²) in [6.07, 6.45) is 0.468. The molecule has 1 heterocycles. The van der Waals surface area contributed by atoms with Gasteiger partial charge in [0.25, 0.3) is 0 Å². The molecule has 4 N–H and O–H groups in total. The number of nitrogens with one attached hydrogen (secondary N) is 2. The summed E-state index contributed by atoms with van der Waals surface area (Å²) in [5.74, 6) is 0. The summed E-state index contributed by atoms with van der Waals surface area (Å²) in [5, 5.41) is 6.71. The van der Waals surface area contributed by atoms with Gasteiger partial charge in [-0.2, -0.15) is 0 Å². The van der Waals surface area contributed by atoms with Gasteiger partial charge in [0.1, 0.15) is 0 Å². The number of piperazine rings is 1. The van der Waals surface area contributed by atoms with Gasteiger partial charge in [0.15, 0.2) is 0 Å². The molecule has 1 unspecified atom stereocenters. The van der Waals surface area contributed by atoms with Crippen LogP contribution >= 0.6 is 0 Å². The van der Waals surface area contributed by atoms with E-state index in [9.17, 15) is 0 Å². The van der Waals surface area contributed by atoms with Gasteiger partial charge in [-0.15, -0.1) is 0 Å². The molecule has 0 amide bonds. The van der Waals surface area contributed by atoms with Crippen molar-refractivity contribution in [2.75, 3.05) is 39.3 Å². The molecule has 4 heteroatoms. The van der Waals surface area contributed by atoms with Gasteiger partial charge in [0.05, 0.1) is 6.17 Å². The van der Waals surface area contributed by atoms with Crippen molar-refractivity contribution in [3.05, 3.63) is 0 Å². The van der Waals surface area contributed by atoms with Crippen LogP contribution in [-0.2, 0) is 0 Å². The molecule has 1 saturated heterocycles. The fraction of sp³-hybridized carbons (Fsp3) is 1.00. The largest absolute Gasteiger partial charge is 0.329 e. The van der Waals surface area contributed by atoms with Crippen molar-refractivity contribution in [3.8, 4) is 0 Å². The van der Waals surface area contributed by atoms with Crippen LogP contribution in [0.4, 0.5) is 0 Å². The number of nitrogens with zero attached hydrogens (tertiary/aromatic N) is 1. The van der Waals surface area contributed by atoms with E-state index >= 15 is 0 Å². The SMILES string of the molecule is CC(NCCN)N1CCNCC1. The van der Waals surface area contributed by atoms with Crippen LogP contribution in [0, 0.1) is 0 Å². The van der Waals surface area contributed by atoms with Crippen LogP contribution < -0.4 is 16.4 Å². The van der Waals surface area contributed by atoms with Crippen LogP contribution in [0.2, 0.25) is 0 Å². The minimum atomic E-state index is 0.468. The maximum Gasteiger partial charge on any atom is 0.0569 e. The lowest BCUT2D eigenvalue weighted by atomic mass is 10.3. The first-order chi connectivity index (χ1) is 5.84. The number of nitrogens with two attached hydrogens (primary N) is 1. The normalized spacial score (nSPS) is 22.5. The molecule has 0 aromatic carbocycles. The molecule has 4 nitrogen and oxygen atoms in total. The molecule has 0 radical (unpaired) electrons. The van der Waals surface area contributed by atoms with E-state index in [-0.39, 0.29) is 0 Å². The van der Waals surface area contributed by atoms with Crippen molar-refractivity contribution in [1.82, 2.24) is 15.5 Å². The second-order valence-electron chi connectivity index (χ2n) is 3.20. The second-order valence-corrected chi connectivity index (χ2v) is 3.20. The summed E-state index contributed by atoms with van der Waals surface area (Å²) in [6.45, 7) is 8.31. The van der Waals surface area contributed by atoms with Crippen molar-refractivity contribution in [2.45, 2.75) is 13.1 Å². The van der Waals surface area contributed by atoms with E-state index in [2.05, 4.69) is 22.5 Å². The van der Waals surface area contributed by atoms with E-state index in [1.165, 1.54) is 0 Å². The van der Waals surface area contributed by atoms with Crippen molar-refractivity contribution in [1.29, 1.82) is 0 Å². The van der Waals surface area contributed by atoms with Gasteiger partial charge in [0, 0.05) is 39.3 Å². The molecule has 0 aliphatic carbocycles. The summed E-state index contributed by atoms with van der Waals surface area (Å²) in [6, 6.07) is 0. The zero-order chi connectivity index (χ0) is 8.81. The quantitative estimate of drug-likeness (QED) is 0.498. The first kappa shape index (κ1) is 9.92. The summed E-state index contributed by atoms with van der Waals surface area (Å²) >= 11 is 0. The Kier molecular flexibility index (Phi) is 4.53. The highest BCUT2D eigenvalue weighted by atomic mass is 15.3. The van der Waals surface area contributed by atoms with E-state index in [0.29, 0.717) is 6.17 Å². The zero-order valence-corrected chi connectivity index (χ0v) is 7.84. The van der Waals surface area contributed by atoms with E-state index in [4.69, 9.17) is 5.73 Å². The lowest BCUT2D eigenvalue weighted by Gasteiger charge is -2.33. The van der Waals surface area contributed by atoms with Crippen molar-refractivity contribution >= 4 is 0 Å². The van der Waals surface area contributed by atoms with E-state index in [0.717, 1.165) is 39.3 Å². The Morgan fingerprint density at radius 1 is 1.50 bits per heavy atom. The maximum atomic E-state index is 5.41. The molecule has 1 aliphatic heterocycles. The molecular weight excluding hydrogens is 152 g/mol. The van der Waals surface area contributed by atoms with Crippen LogP contribution in [0.15, 0.2) is 0 Å². The van der Waals surface area contributed by atoms with Gasteiger partial charge in [-0.25, -0.2) is 0 Å². The minimum absolute atomic E-state index is 0.468. The van der Waals surface area contributed by atoms with Crippen LogP contribution in [-0.4, -0.2) is 50.3 Å². The average molecular weight is 172 g/mol. The summed E-state index contributed by atoms with van der Waals surface area (Å²) in [7, 11) is 0. The van der Waals surface area contributed by atoms with Gasteiger partial charge in [-0.1, -0.05) is 0 Å². The fourth-order valence-corrected chi connectivity index (χ4v) is 1.49. The Balaban J connectivity index is 2.15. The average Bonchev–Trinajstić information content (AvgIpc) is 2.15. The van der Waals surface area contributed by atoms with Crippen LogP contribution in [0.25, 0.3) is 0 Å². The molecule has 1 rings (SSSR count). The molecule has 1 aliphatic rings. The summed E-state index contributed by atoms with van der Waals surface area (Å²) in [5.41, 5.74) is 5.41. The first-order valence-electron chi connectivity index (χ1n) is 4.73. The molecule has 72 valence electrons. The maximum absolute atomic E-state index is 5.41. The third-order valence-electron chi connectivity index (χ3n) is 2.28. The van der Waals surface area contributed by atoms with Crippen LogP contribution in [0.3, 0.4) is 0 Å². The second kappa shape index (κ2) is 5.48.